The molecule has 32 heavy (non-hydrogen) atoms. The summed E-state index contributed by atoms with van der Waals surface area (Å²) in [6.45, 7) is 7.25. The molecule has 0 fully saturated rings. The second kappa shape index (κ2) is 13.4. The van der Waals surface area contributed by atoms with E-state index < -0.39 is 0 Å². The molecule has 1 amide bonds. The number of para-hydroxylation sites is 1. The van der Waals surface area contributed by atoms with Gasteiger partial charge in [-0.05, 0) is 69.3 Å². The monoisotopic (exact) mass is 454 g/mol. The number of hydrogen-bond acceptors (Lipinski definition) is 5. The molecule has 1 heterocycles. The molecule has 0 radical (unpaired) electrons. The van der Waals surface area contributed by atoms with Crippen LogP contribution in [0.15, 0.2) is 72.9 Å². The summed E-state index contributed by atoms with van der Waals surface area (Å²) < 4.78 is 10.1. The zero-order chi connectivity index (χ0) is 23.3. The molecular weight excluding hydrogens is 428 g/mol. The molecular formula is C25H27ClN2O4. The van der Waals surface area contributed by atoms with Crippen LogP contribution in [0.3, 0.4) is 0 Å². The van der Waals surface area contributed by atoms with Gasteiger partial charge in [-0.25, -0.2) is 0 Å². The number of pyridine rings is 1. The molecule has 0 atom stereocenters. The number of aromatic nitrogens is 1. The maximum Gasteiger partial charge on any atom is 0.255 e. The van der Waals surface area contributed by atoms with Crippen molar-refractivity contribution < 1.29 is 19.1 Å². The lowest BCUT2D eigenvalue weighted by Gasteiger charge is -2.09. The van der Waals surface area contributed by atoms with Crippen LogP contribution in [0.25, 0.3) is 0 Å². The van der Waals surface area contributed by atoms with Crippen molar-refractivity contribution in [2.45, 2.75) is 27.1 Å². The summed E-state index contributed by atoms with van der Waals surface area (Å²) in [7, 11) is 0. The Morgan fingerprint density at radius 3 is 2.16 bits per heavy atom. The van der Waals surface area contributed by atoms with E-state index in [1.54, 1.807) is 42.5 Å². The molecule has 7 heteroatoms. The fraction of sp³-hybridized carbons (Fsp3) is 0.240. The summed E-state index contributed by atoms with van der Waals surface area (Å²) >= 11 is 5.83. The van der Waals surface area contributed by atoms with E-state index in [1.165, 1.54) is 12.3 Å². The zero-order valence-corrected chi connectivity index (χ0v) is 19.1. The number of anilines is 1. The van der Waals surface area contributed by atoms with Gasteiger partial charge in [0.05, 0.1) is 0 Å². The molecule has 6 nitrogen and oxygen atoms in total. The Labute approximate surface area is 193 Å². The highest BCUT2D eigenvalue weighted by Gasteiger charge is 2.14. The van der Waals surface area contributed by atoms with Crippen LogP contribution < -0.4 is 5.32 Å². The molecule has 3 aromatic rings. The number of ketones is 1. The summed E-state index contributed by atoms with van der Waals surface area (Å²) in [4.78, 5) is 28.8. The molecule has 0 aliphatic carbocycles. The molecule has 168 valence electrons. The van der Waals surface area contributed by atoms with Crippen LogP contribution in [0.4, 0.5) is 5.69 Å². The Morgan fingerprint density at radius 1 is 0.938 bits per heavy atom. The summed E-state index contributed by atoms with van der Waals surface area (Å²) in [5, 5.41) is 3.33. The van der Waals surface area contributed by atoms with E-state index in [2.05, 4.69) is 10.3 Å². The second-order valence-electron chi connectivity index (χ2n) is 6.56. The lowest BCUT2D eigenvalue weighted by Crippen LogP contribution is -2.13. The molecule has 0 bridgehead atoms. The van der Waals surface area contributed by atoms with Gasteiger partial charge < -0.3 is 14.8 Å². The summed E-state index contributed by atoms with van der Waals surface area (Å²) in [6.07, 6.45) is 1.41. The first kappa shape index (κ1) is 25.2. The number of halogens is 1. The summed E-state index contributed by atoms with van der Waals surface area (Å²) in [6, 6.07) is 18.7. The normalized spacial score (nSPS) is 10.3. The van der Waals surface area contributed by atoms with Gasteiger partial charge in [0.1, 0.15) is 5.69 Å². The van der Waals surface area contributed by atoms with Crippen LogP contribution in [-0.4, -0.2) is 36.2 Å². The van der Waals surface area contributed by atoms with Gasteiger partial charge in [-0.1, -0.05) is 29.8 Å². The molecule has 0 aliphatic rings. The van der Waals surface area contributed by atoms with E-state index in [0.29, 0.717) is 21.8 Å². The summed E-state index contributed by atoms with van der Waals surface area (Å²) in [5.41, 5.74) is 1.72. The van der Waals surface area contributed by atoms with Crippen LogP contribution >= 0.6 is 11.6 Å². The van der Waals surface area contributed by atoms with Crippen molar-refractivity contribution in [3.05, 3.63) is 94.8 Å². The number of carbonyl (C=O) groups is 2. The molecule has 0 saturated carbocycles. The van der Waals surface area contributed by atoms with E-state index in [0.717, 1.165) is 13.2 Å². The number of carbonyl (C=O) groups excluding carboxylic acids is 2. The van der Waals surface area contributed by atoms with Crippen molar-refractivity contribution in [3.8, 4) is 0 Å². The number of hydrogen-bond donors (Lipinski definition) is 1. The molecule has 3 rings (SSSR count). The predicted molar refractivity (Wildman–Crippen MR) is 126 cm³/mol. The molecule has 0 spiro atoms. The van der Waals surface area contributed by atoms with E-state index in [4.69, 9.17) is 21.1 Å². The van der Waals surface area contributed by atoms with Gasteiger partial charge in [0.25, 0.3) is 5.91 Å². The third-order valence-corrected chi connectivity index (χ3v) is 4.45. The highest BCUT2D eigenvalue weighted by Crippen LogP contribution is 2.14. The lowest BCUT2D eigenvalue weighted by molar-refractivity contribution is -0.123. The molecule has 0 saturated heterocycles. The van der Waals surface area contributed by atoms with Gasteiger partial charge in [-0.3, -0.25) is 14.6 Å². The molecule has 2 aromatic carbocycles. The van der Waals surface area contributed by atoms with Crippen molar-refractivity contribution in [2.75, 3.05) is 18.5 Å². The number of amides is 1. The number of nitrogens with one attached hydrogen (secondary N) is 1. The van der Waals surface area contributed by atoms with Crippen LogP contribution in [0.2, 0.25) is 5.02 Å². The van der Waals surface area contributed by atoms with Gasteiger partial charge in [-0.15, -0.1) is 0 Å². The minimum absolute atomic E-state index is 0.0370. The average molecular weight is 455 g/mol. The predicted octanol–water partition coefficient (Wildman–Crippen LogP) is 5.62. The van der Waals surface area contributed by atoms with E-state index in [-0.39, 0.29) is 23.7 Å². The Balaban J connectivity index is 0.000000390. The highest BCUT2D eigenvalue weighted by molar-refractivity contribution is 6.30. The fourth-order valence-corrected chi connectivity index (χ4v) is 2.81. The van der Waals surface area contributed by atoms with Crippen molar-refractivity contribution in [1.29, 1.82) is 0 Å². The number of nitrogens with zero attached hydrogens (tertiary/aromatic N) is 1. The first-order valence-corrected chi connectivity index (χ1v) is 10.7. The van der Waals surface area contributed by atoms with Crippen molar-refractivity contribution in [2.24, 2.45) is 0 Å². The average Bonchev–Trinajstić information content (AvgIpc) is 2.81. The Bertz CT molecular complexity index is 988. The summed E-state index contributed by atoms with van der Waals surface area (Å²) in [5.74, 6) is -0.560. The van der Waals surface area contributed by atoms with Gasteiger partial charge in [-0.2, -0.15) is 0 Å². The highest BCUT2D eigenvalue weighted by atomic mass is 35.5. The molecule has 1 aromatic heterocycles. The quantitative estimate of drug-likeness (QED) is 0.353. The number of rotatable bonds is 8. The van der Waals surface area contributed by atoms with Gasteiger partial charge in [0.2, 0.25) is 5.78 Å². The van der Waals surface area contributed by atoms with Crippen LogP contribution in [-0.2, 0) is 9.47 Å². The van der Waals surface area contributed by atoms with Crippen LogP contribution in [0.5, 0.6) is 0 Å². The number of benzene rings is 2. The fourth-order valence-electron chi connectivity index (χ4n) is 2.69. The standard InChI is InChI=1S/C19H13ClN2O2.C6H14O2/c20-15-8-6-13(7-9-15)18(23)17-12-14(10-11-21-17)19(24)22-16-4-2-1-3-5-16;1-4-7-6(3)8-5-2/h1-12H,(H,22,24);6H,4-5H2,1-3H3. The first-order valence-electron chi connectivity index (χ1n) is 10.3. The van der Waals surface area contributed by atoms with Gasteiger partial charge in [0.15, 0.2) is 6.29 Å². The Kier molecular flexibility index (Phi) is 10.5. The lowest BCUT2D eigenvalue weighted by atomic mass is 10.1. The second-order valence-corrected chi connectivity index (χ2v) is 7.00. The first-order chi connectivity index (χ1) is 15.4. The Morgan fingerprint density at radius 2 is 1.56 bits per heavy atom. The topological polar surface area (TPSA) is 77.5 Å². The molecule has 1 N–H and O–H groups in total. The minimum atomic E-state index is -0.297. The zero-order valence-electron chi connectivity index (χ0n) is 18.4. The minimum Gasteiger partial charge on any atom is -0.353 e. The van der Waals surface area contributed by atoms with E-state index >= 15 is 0 Å². The van der Waals surface area contributed by atoms with E-state index in [1.807, 2.05) is 39.0 Å². The molecule has 0 unspecified atom stereocenters. The maximum atomic E-state index is 12.5. The molecule has 0 aliphatic heterocycles. The third-order valence-electron chi connectivity index (χ3n) is 4.20. The van der Waals surface area contributed by atoms with Crippen LogP contribution in [0, 0.1) is 0 Å². The maximum absolute atomic E-state index is 12.5. The largest absolute Gasteiger partial charge is 0.353 e. The van der Waals surface area contributed by atoms with Crippen molar-refractivity contribution >= 4 is 29.0 Å². The smallest absolute Gasteiger partial charge is 0.255 e. The number of ether oxygens (including phenoxy) is 2. The van der Waals surface area contributed by atoms with Crippen molar-refractivity contribution in [1.82, 2.24) is 4.98 Å². The Hall–Kier alpha value is -3.06. The van der Waals surface area contributed by atoms with Gasteiger partial charge in [0, 0.05) is 41.2 Å². The van der Waals surface area contributed by atoms with Gasteiger partial charge >= 0.3 is 0 Å². The van der Waals surface area contributed by atoms with Crippen molar-refractivity contribution in [3.63, 3.8) is 0 Å². The SMILES string of the molecule is CCOC(C)OCC.O=C(Nc1ccccc1)c1ccnc(C(=O)c2ccc(Cl)cc2)c1. The third kappa shape index (κ3) is 8.23. The van der Waals surface area contributed by atoms with E-state index in [9.17, 15) is 9.59 Å². The van der Waals surface area contributed by atoms with Crippen LogP contribution in [0.1, 0.15) is 47.2 Å².